The van der Waals surface area contributed by atoms with Gasteiger partial charge in [-0.3, -0.25) is 4.57 Å². The molecule has 4 heteroatoms. The summed E-state index contributed by atoms with van der Waals surface area (Å²) in [7, 11) is 1.72. The third-order valence-electron chi connectivity index (χ3n) is 0. The molecule has 0 aromatic rings. The molecule has 0 saturated heterocycles. The Morgan fingerprint density at radius 3 is 1.25 bits per heavy atom. The molecule has 0 spiro atoms. The van der Waals surface area contributed by atoms with Crippen LogP contribution in [0.25, 0.3) is 0 Å². The Morgan fingerprint density at radius 2 is 1.25 bits per heavy atom. The Balaban J connectivity index is -0.00000000500. The normalized spacial score (nSPS) is 1.00. The van der Waals surface area contributed by atoms with Gasteiger partial charge in [0.25, 0.3) is 0 Å². The van der Waals surface area contributed by atoms with Crippen LogP contribution < -0.4 is 0 Å². The van der Waals surface area contributed by atoms with Gasteiger partial charge in [0.15, 0.2) is 0 Å². The van der Waals surface area contributed by atoms with Crippen LogP contribution in [0.5, 0.6) is 0 Å². The zero-order valence-electron chi connectivity index (χ0n) is 2.12. The molecular formula is HCaOPZr. The molecule has 0 atom stereocenters. The molecule has 18 valence electrons. The quantitative estimate of drug-likeness (QED) is 0.380. The van der Waals surface area contributed by atoms with Crippen molar-refractivity contribution in [1.29, 1.82) is 0 Å². The van der Waals surface area contributed by atoms with Crippen LogP contribution in [-0.2, 0) is 30.8 Å². The van der Waals surface area contributed by atoms with Crippen molar-refractivity contribution in [2.75, 3.05) is 0 Å². The van der Waals surface area contributed by atoms with Crippen LogP contribution in [0.2, 0.25) is 0 Å². The van der Waals surface area contributed by atoms with Gasteiger partial charge in [-0.15, -0.1) is 0 Å². The maximum atomic E-state index is 8.06. The maximum Gasteiger partial charge on any atom is 0.138 e. The summed E-state index contributed by atoms with van der Waals surface area (Å²) in [5, 5.41) is 0. The fourth-order valence-corrected chi connectivity index (χ4v) is 0. The molecule has 0 aromatic heterocycles. The predicted octanol–water partition coefficient (Wildman–Crippen LogP) is 0.0914. The van der Waals surface area contributed by atoms with Crippen molar-refractivity contribution in [2.45, 2.75) is 0 Å². The Bertz CT molecular complexity index is 8.00. The van der Waals surface area contributed by atoms with Crippen molar-refractivity contribution in [3.63, 3.8) is 0 Å². The molecule has 0 aliphatic rings. The molecule has 4 heavy (non-hydrogen) atoms. The summed E-state index contributed by atoms with van der Waals surface area (Å²) < 4.78 is 8.06. The van der Waals surface area contributed by atoms with Crippen molar-refractivity contribution >= 4 is 46.9 Å². The summed E-state index contributed by atoms with van der Waals surface area (Å²) >= 11 is 0. The van der Waals surface area contributed by atoms with E-state index in [0.717, 1.165) is 0 Å². The summed E-state index contributed by atoms with van der Waals surface area (Å²) in [6.45, 7) is 0. The molecule has 0 N–H and O–H groups in total. The summed E-state index contributed by atoms with van der Waals surface area (Å²) in [5.74, 6) is 0. The largest absolute Gasteiger partial charge is 0.279 e. The predicted molar refractivity (Wildman–Crippen MR) is 14.8 cm³/mol. The minimum atomic E-state index is 0. The van der Waals surface area contributed by atoms with E-state index in [1.807, 2.05) is 0 Å². The summed E-state index contributed by atoms with van der Waals surface area (Å²) in [6, 6.07) is 0. The van der Waals surface area contributed by atoms with Gasteiger partial charge in [0.05, 0.1) is 0 Å². The molecule has 0 bridgehead atoms. The first-order valence-electron chi connectivity index (χ1n) is 0.204. The minimum Gasteiger partial charge on any atom is -0.279 e. The Hall–Kier alpha value is 2.24. The Morgan fingerprint density at radius 1 is 1.25 bits per heavy atom. The second-order valence-electron chi connectivity index (χ2n) is 0. The van der Waals surface area contributed by atoms with E-state index in [4.69, 9.17) is 4.57 Å². The van der Waals surface area contributed by atoms with Crippen LogP contribution in [0.3, 0.4) is 0 Å². The van der Waals surface area contributed by atoms with Crippen molar-refractivity contribution in [3.8, 4) is 0 Å². The van der Waals surface area contributed by atoms with E-state index in [1.165, 1.54) is 0 Å². The van der Waals surface area contributed by atoms with E-state index in [0.29, 0.717) is 0 Å². The Labute approximate surface area is 76.3 Å². The van der Waals surface area contributed by atoms with Crippen LogP contribution in [0, 0.1) is 0 Å². The monoisotopic (exact) mass is 178 g/mol. The van der Waals surface area contributed by atoms with Gasteiger partial charge in [0, 0.05) is 63.9 Å². The van der Waals surface area contributed by atoms with Crippen LogP contribution in [-0.4, -0.2) is 37.7 Å². The standard InChI is InChI=1S/Ca.HOP.Zr/c;1-2;/h;2H;. The molecule has 0 heterocycles. The molecule has 0 aliphatic heterocycles. The van der Waals surface area contributed by atoms with Gasteiger partial charge in [-0.2, -0.15) is 0 Å². The first-order valence-corrected chi connectivity index (χ1v) is 0.612. The first-order chi connectivity index (χ1) is 1.00. The molecule has 0 aliphatic carbocycles. The van der Waals surface area contributed by atoms with Crippen molar-refractivity contribution in [1.82, 2.24) is 0 Å². The van der Waals surface area contributed by atoms with E-state index < -0.39 is 0 Å². The molecule has 0 amide bonds. The van der Waals surface area contributed by atoms with Crippen LogP contribution in [0.4, 0.5) is 0 Å². The minimum absolute atomic E-state index is 0. The van der Waals surface area contributed by atoms with E-state index in [-0.39, 0.29) is 63.9 Å². The fraction of sp³-hybridized carbons (Fsp3) is 0. The first kappa shape index (κ1) is 16.3. The summed E-state index contributed by atoms with van der Waals surface area (Å²) in [5.41, 5.74) is 0. The second kappa shape index (κ2) is 18.8. The summed E-state index contributed by atoms with van der Waals surface area (Å²) in [6.07, 6.45) is 0. The van der Waals surface area contributed by atoms with Crippen molar-refractivity contribution < 1.29 is 30.8 Å². The van der Waals surface area contributed by atoms with E-state index >= 15 is 0 Å². The fourth-order valence-electron chi connectivity index (χ4n) is 0. The van der Waals surface area contributed by atoms with E-state index in [2.05, 4.69) is 0 Å². The maximum absolute atomic E-state index is 8.06. The topological polar surface area (TPSA) is 17.1 Å². The average molecular weight is 179 g/mol. The van der Waals surface area contributed by atoms with Gasteiger partial charge in [-0.1, -0.05) is 0 Å². The zero-order valence-corrected chi connectivity index (χ0v) is 7.78. The molecule has 0 unspecified atom stereocenters. The molecule has 1 nitrogen and oxygen atoms in total. The van der Waals surface area contributed by atoms with Crippen LogP contribution >= 0.6 is 9.12 Å². The molecular weight excluding hydrogens is 178 g/mol. The third-order valence-corrected chi connectivity index (χ3v) is 0. The van der Waals surface area contributed by atoms with Gasteiger partial charge in [-0.25, -0.2) is 0 Å². The molecule has 0 rings (SSSR count). The van der Waals surface area contributed by atoms with E-state index in [1.54, 1.807) is 9.12 Å². The van der Waals surface area contributed by atoms with Gasteiger partial charge in [0.1, 0.15) is 9.12 Å². The third kappa shape index (κ3) is 8.87. The van der Waals surface area contributed by atoms with Crippen molar-refractivity contribution in [2.24, 2.45) is 0 Å². The number of rotatable bonds is 0. The molecule has 0 saturated carbocycles. The summed E-state index contributed by atoms with van der Waals surface area (Å²) in [4.78, 5) is 0. The van der Waals surface area contributed by atoms with Gasteiger partial charge in [0.2, 0.25) is 0 Å². The van der Waals surface area contributed by atoms with E-state index in [9.17, 15) is 0 Å². The Kier molecular flexibility index (Phi) is 76.5. The molecule has 0 aromatic carbocycles. The SMILES string of the molecule is O=P.[Ca].[Zr]. The smallest absolute Gasteiger partial charge is 0.138 e. The molecule has 2 radical (unpaired) electrons. The number of hydrogen-bond acceptors (Lipinski definition) is 1. The van der Waals surface area contributed by atoms with Crippen LogP contribution in [0.1, 0.15) is 0 Å². The van der Waals surface area contributed by atoms with Crippen molar-refractivity contribution in [3.05, 3.63) is 0 Å². The van der Waals surface area contributed by atoms with Gasteiger partial charge >= 0.3 is 0 Å². The second-order valence-corrected chi connectivity index (χ2v) is 0. The van der Waals surface area contributed by atoms with Crippen LogP contribution in [0.15, 0.2) is 0 Å². The van der Waals surface area contributed by atoms with Gasteiger partial charge < -0.3 is 0 Å². The average Bonchev–Trinajstić information content (AvgIpc) is 1.00. The number of hydrogen-bond donors (Lipinski definition) is 0. The zero-order chi connectivity index (χ0) is 2.00. The molecule has 0 fully saturated rings. The van der Waals surface area contributed by atoms with Gasteiger partial charge in [-0.05, 0) is 0 Å².